The Hall–Kier alpha value is -3.68. The Bertz CT molecular complexity index is 1430. The van der Waals surface area contributed by atoms with E-state index >= 15 is 0 Å². The highest BCUT2D eigenvalue weighted by Gasteiger charge is 2.49. The predicted octanol–water partition coefficient (Wildman–Crippen LogP) is 1.26. The van der Waals surface area contributed by atoms with Crippen molar-refractivity contribution in [2.24, 2.45) is 0 Å². The predicted molar refractivity (Wildman–Crippen MR) is 130 cm³/mol. The highest BCUT2D eigenvalue weighted by atomic mass is 16.7. The molecule has 2 aliphatic carbocycles. The van der Waals surface area contributed by atoms with E-state index in [4.69, 9.17) is 14.2 Å². The van der Waals surface area contributed by atoms with E-state index in [1.54, 1.807) is 0 Å². The van der Waals surface area contributed by atoms with Crippen molar-refractivity contribution in [3.05, 3.63) is 51.6 Å². The van der Waals surface area contributed by atoms with Crippen LogP contribution in [0.4, 0.5) is 0 Å². The van der Waals surface area contributed by atoms with Gasteiger partial charge >= 0.3 is 0 Å². The molecule has 12 nitrogen and oxygen atoms in total. The van der Waals surface area contributed by atoms with E-state index in [1.807, 2.05) is 5.48 Å². The van der Waals surface area contributed by atoms with Crippen molar-refractivity contribution in [2.45, 2.75) is 63.3 Å². The summed E-state index contributed by atoms with van der Waals surface area (Å²) in [5.74, 6) is -3.81. The van der Waals surface area contributed by atoms with Crippen molar-refractivity contribution in [2.75, 3.05) is 7.11 Å². The summed E-state index contributed by atoms with van der Waals surface area (Å²) in [6, 6.07) is 3.36. The number of fused-ring (bicyclic) bond motifs is 3. The number of ketones is 4. The van der Waals surface area contributed by atoms with Crippen LogP contribution in [0.25, 0.3) is 0 Å². The molecule has 3 aliphatic rings. The van der Waals surface area contributed by atoms with E-state index in [-0.39, 0.29) is 40.8 Å². The minimum atomic E-state index is -2.05. The van der Waals surface area contributed by atoms with Crippen LogP contribution in [0, 0.1) is 0 Å². The fourth-order valence-corrected chi connectivity index (χ4v) is 5.63. The molecule has 0 amide bonds. The summed E-state index contributed by atoms with van der Waals surface area (Å²) in [5, 5.41) is 43.4. The van der Waals surface area contributed by atoms with Gasteiger partial charge in [-0.25, -0.2) is 0 Å². The van der Waals surface area contributed by atoms with Gasteiger partial charge in [-0.2, -0.15) is 5.48 Å². The van der Waals surface area contributed by atoms with Crippen molar-refractivity contribution in [1.29, 1.82) is 0 Å². The van der Waals surface area contributed by atoms with Gasteiger partial charge in [0.25, 0.3) is 0 Å². The Morgan fingerprint density at radius 1 is 1.10 bits per heavy atom. The van der Waals surface area contributed by atoms with Crippen LogP contribution in [0.15, 0.2) is 18.2 Å². The SMILES string of the molecule is COc1cccc2c1C(=O)c1c(O)c3c(c(O)c1C2=O)C[C@@](O)(C(C)=O)C[C@@H]3OC1CC(NO)C(=O)C(C)O1. The highest BCUT2D eigenvalue weighted by molar-refractivity contribution is 6.31. The molecule has 0 saturated carbocycles. The molecule has 0 spiro atoms. The zero-order valence-electron chi connectivity index (χ0n) is 21.3. The van der Waals surface area contributed by atoms with Gasteiger partial charge < -0.3 is 34.7 Å². The molecular weight excluding hydrogens is 514 g/mol. The molecular formula is C27H27NO11. The molecule has 2 aromatic carbocycles. The lowest BCUT2D eigenvalue weighted by Crippen LogP contribution is -2.51. The maximum absolute atomic E-state index is 13.6. The molecule has 1 saturated heterocycles. The fourth-order valence-electron chi connectivity index (χ4n) is 5.63. The number of hydroxylamine groups is 1. The van der Waals surface area contributed by atoms with E-state index < -0.39 is 82.3 Å². The number of hydrogen-bond acceptors (Lipinski definition) is 12. The largest absolute Gasteiger partial charge is 0.507 e. The van der Waals surface area contributed by atoms with Crippen LogP contribution in [-0.2, 0) is 25.5 Å². The molecule has 2 aromatic rings. The molecule has 5 N–H and O–H groups in total. The Morgan fingerprint density at radius 3 is 2.44 bits per heavy atom. The minimum Gasteiger partial charge on any atom is -0.507 e. The molecule has 1 fully saturated rings. The molecule has 5 rings (SSSR count). The topological polar surface area (TPSA) is 189 Å². The Morgan fingerprint density at radius 2 is 1.79 bits per heavy atom. The van der Waals surface area contributed by atoms with Crippen molar-refractivity contribution in [1.82, 2.24) is 5.48 Å². The first kappa shape index (κ1) is 26.9. The lowest BCUT2D eigenvalue weighted by atomic mass is 9.72. The number of carbonyl (C=O) groups is 4. The number of aliphatic hydroxyl groups is 1. The van der Waals surface area contributed by atoms with Gasteiger partial charge in [-0.15, -0.1) is 0 Å². The second-order valence-corrected chi connectivity index (χ2v) is 10.0. The molecule has 206 valence electrons. The zero-order chi connectivity index (χ0) is 28.4. The summed E-state index contributed by atoms with van der Waals surface area (Å²) >= 11 is 0. The third-order valence-corrected chi connectivity index (χ3v) is 7.73. The maximum atomic E-state index is 13.6. The van der Waals surface area contributed by atoms with E-state index in [9.17, 15) is 39.7 Å². The van der Waals surface area contributed by atoms with Crippen LogP contribution in [-0.4, -0.2) is 74.8 Å². The Balaban J connectivity index is 1.68. The van der Waals surface area contributed by atoms with Crippen molar-refractivity contribution in [3.63, 3.8) is 0 Å². The maximum Gasteiger partial charge on any atom is 0.202 e. The van der Waals surface area contributed by atoms with Gasteiger partial charge in [0.2, 0.25) is 5.78 Å². The van der Waals surface area contributed by atoms with Gasteiger partial charge in [-0.1, -0.05) is 12.1 Å². The molecule has 5 atom stereocenters. The van der Waals surface area contributed by atoms with E-state index in [1.165, 1.54) is 32.2 Å². The normalized spacial score (nSPS) is 28.0. The number of nitrogens with one attached hydrogen (secondary N) is 1. The molecule has 3 unspecified atom stereocenters. The second kappa shape index (κ2) is 9.50. The van der Waals surface area contributed by atoms with Crippen LogP contribution < -0.4 is 10.2 Å². The number of rotatable bonds is 5. The standard InChI is InChI=1S/C27H27NO11/c1-10-22(30)14(28-36)7-17(38-10)39-16-9-27(35,11(2)29)8-13-19(16)26(34)21-20(24(13)32)23(31)12-5-4-6-15(37-3)18(12)25(21)33/h4-6,10,14,16-17,28,32,34-36H,7-9H2,1-3H3/t10?,14?,16-,17?,27-/m0/s1. The first-order valence-electron chi connectivity index (χ1n) is 12.3. The average molecular weight is 542 g/mol. The van der Waals surface area contributed by atoms with Gasteiger partial charge in [0, 0.05) is 36.0 Å². The van der Waals surface area contributed by atoms with E-state index in [0.717, 1.165) is 6.92 Å². The number of phenols is 2. The van der Waals surface area contributed by atoms with Gasteiger partial charge in [0.1, 0.15) is 29.0 Å². The summed E-state index contributed by atoms with van der Waals surface area (Å²) < 4.78 is 16.9. The van der Waals surface area contributed by atoms with Crippen LogP contribution in [0.2, 0.25) is 0 Å². The van der Waals surface area contributed by atoms with Gasteiger partial charge in [-0.3, -0.25) is 19.2 Å². The summed E-state index contributed by atoms with van der Waals surface area (Å²) in [7, 11) is 1.32. The number of methoxy groups -OCH3 is 1. The van der Waals surface area contributed by atoms with Crippen molar-refractivity contribution >= 4 is 23.1 Å². The number of hydrogen-bond donors (Lipinski definition) is 5. The number of benzene rings is 2. The third-order valence-electron chi connectivity index (χ3n) is 7.73. The summed E-state index contributed by atoms with van der Waals surface area (Å²) in [5.41, 5.74) is -1.42. The Kier molecular flexibility index (Phi) is 6.56. The monoisotopic (exact) mass is 541 g/mol. The Labute approximate surface area is 222 Å². The number of carbonyl (C=O) groups excluding carboxylic acids is 4. The summed E-state index contributed by atoms with van der Waals surface area (Å²) in [6.45, 7) is 2.61. The first-order chi connectivity index (χ1) is 18.4. The molecule has 0 radical (unpaired) electrons. The summed E-state index contributed by atoms with van der Waals surface area (Å²) in [6.07, 6.45) is -4.43. The zero-order valence-corrected chi connectivity index (χ0v) is 21.3. The van der Waals surface area contributed by atoms with Gasteiger partial charge in [0.15, 0.2) is 23.6 Å². The lowest BCUT2D eigenvalue weighted by Gasteiger charge is -2.41. The van der Waals surface area contributed by atoms with Crippen LogP contribution >= 0.6 is 0 Å². The second-order valence-electron chi connectivity index (χ2n) is 10.0. The van der Waals surface area contributed by atoms with Crippen molar-refractivity contribution in [3.8, 4) is 17.2 Å². The summed E-state index contributed by atoms with van der Waals surface area (Å²) in [4.78, 5) is 51.8. The minimum absolute atomic E-state index is 0.0382. The average Bonchev–Trinajstić information content (AvgIpc) is 2.90. The van der Waals surface area contributed by atoms with Crippen molar-refractivity contribution < 1.29 is 53.9 Å². The lowest BCUT2D eigenvalue weighted by molar-refractivity contribution is -0.226. The fraction of sp³-hybridized carbons (Fsp3) is 0.407. The van der Waals surface area contributed by atoms with Crippen LogP contribution in [0.3, 0.4) is 0 Å². The third kappa shape index (κ3) is 4.03. The quantitative estimate of drug-likeness (QED) is 0.230. The molecule has 39 heavy (non-hydrogen) atoms. The molecule has 12 heteroatoms. The first-order valence-corrected chi connectivity index (χ1v) is 12.3. The van der Waals surface area contributed by atoms with E-state index in [2.05, 4.69) is 0 Å². The molecule has 0 aromatic heterocycles. The van der Waals surface area contributed by atoms with Crippen LogP contribution in [0.1, 0.15) is 75.8 Å². The van der Waals surface area contributed by atoms with Crippen LogP contribution in [0.5, 0.6) is 17.2 Å². The van der Waals surface area contributed by atoms with E-state index in [0.29, 0.717) is 0 Å². The number of ether oxygens (including phenoxy) is 3. The smallest absolute Gasteiger partial charge is 0.202 e. The number of Topliss-reactive ketones (excluding diaryl/α,β-unsaturated/α-hetero) is 2. The molecule has 1 heterocycles. The van der Waals surface area contributed by atoms with Gasteiger partial charge in [-0.05, 0) is 19.9 Å². The number of phenolic OH excluding ortho intramolecular Hbond substituents is 2. The highest BCUT2D eigenvalue weighted by Crippen LogP contribution is 2.52. The van der Waals surface area contributed by atoms with Gasteiger partial charge in [0.05, 0.1) is 35.9 Å². The molecule has 0 bridgehead atoms. The number of aromatic hydroxyl groups is 2. The molecule has 1 aliphatic heterocycles.